The fourth-order valence-corrected chi connectivity index (χ4v) is 6.20. The van der Waals surface area contributed by atoms with Crippen molar-refractivity contribution in [3.63, 3.8) is 0 Å². The largest absolute Gasteiger partial charge is 0.489 e. The lowest BCUT2D eigenvalue weighted by Gasteiger charge is -2.27. The molecule has 1 aliphatic heterocycles. The molecular formula is C33H30ClFN2O4. The molecule has 1 aromatic heterocycles. The predicted octanol–water partition coefficient (Wildman–Crippen LogP) is 6.41. The molecular weight excluding hydrogens is 543 g/mol. The molecule has 41 heavy (non-hydrogen) atoms. The minimum atomic E-state index is -0.521. The van der Waals surface area contributed by atoms with Crippen LogP contribution >= 0.6 is 11.6 Å². The van der Waals surface area contributed by atoms with E-state index in [0.29, 0.717) is 35.8 Å². The Hall–Kier alpha value is -3.97. The van der Waals surface area contributed by atoms with E-state index in [9.17, 15) is 18.8 Å². The molecule has 0 unspecified atom stereocenters. The Morgan fingerprint density at radius 1 is 1.02 bits per heavy atom. The third-order valence-corrected chi connectivity index (χ3v) is 8.52. The zero-order chi connectivity index (χ0) is 28.7. The summed E-state index contributed by atoms with van der Waals surface area (Å²) in [5, 5.41) is 0.783. The number of carbonyl (C=O) groups excluding carboxylic acids is 3. The monoisotopic (exact) mass is 572 g/mol. The second-order valence-corrected chi connectivity index (χ2v) is 11.4. The number of carbonyl (C=O) groups is 3. The number of Topliss-reactive ketones (excluding diaryl/α,β-unsaturated/α-hetero) is 2. The van der Waals surface area contributed by atoms with E-state index in [2.05, 4.69) is 0 Å². The first-order chi connectivity index (χ1) is 19.8. The highest BCUT2D eigenvalue weighted by atomic mass is 35.5. The molecule has 1 amide bonds. The number of hydrogen-bond acceptors (Lipinski definition) is 4. The molecule has 6 nitrogen and oxygen atoms in total. The van der Waals surface area contributed by atoms with Crippen LogP contribution in [0.1, 0.15) is 47.7 Å². The average molecular weight is 573 g/mol. The van der Waals surface area contributed by atoms with Crippen molar-refractivity contribution in [3.8, 4) is 5.75 Å². The lowest BCUT2D eigenvalue weighted by Crippen LogP contribution is -2.44. The molecule has 4 aromatic rings. The van der Waals surface area contributed by atoms with Gasteiger partial charge in [0.25, 0.3) is 0 Å². The summed E-state index contributed by atoms with van der Waals surface area (Å²) in [5.74, 6) is 0.130. The van der Waals surface area contributed by atoms with Gasteiger partial charge in [-0.05, 0) is 61.4 Å². The van der Waals surface area contributed by atoms with E-state index in [-0.39, 0.29) is 47.9 Å². The average Bonchev–Trinajstić information content (AvgIpc) is 3.48. The second-order valence-electron chi connectivity index (χ2n) is 11.0. The van der Waals surface area contributed by atoms with Gasteiger partial charge in [0.2, 0.25) is 5.91 Å². The summed E-state index contributed by atoms with van der Waals surface area (Å²) in [6, 6.07) is 19.7. The van der Waals surface area contributed by atoms with Gasteiger partial charge in [0.1, 0.15) is 24.7 Å². The van der Waals surface area contributed by atoms with Crippen LogP contribution in [0.3, 0.4) is 0 Å². The number of rotatable bonds is 10. The van der Waals surface area contributed by atoms with E-state index < -0.39 is 11.9 Å². The third kappa shape index (κ3) is 5.51. The van der Waals surface area contributed by atoms with Gasteiger partial charge in [0, 0.05) is 35.7 Å². The maximum absolute atomic E-state index is 14.4. The van der Waals surface area contributed by atoms with Crippen molar-refractivity contribution < 1.29 is 23.5 Å². The molecule has 0 spiro atoms. The van der Waals surface area contributed by atoms with Crippen LogP contribution in [-0.4, -0.2) is 39.0 Å². The molecule has 1 aliphatic carbocycles. The predicted molar refractivity (Wildman–Crippen MR) is 155 cm³/mol. The molecule has 3 aromatic carbocycles. The zero-order valence-electron chi connectivity index (χ0n) is 22.7. The van der Waals surface area contributed by atoms with Crippen molar-refractivity contribution in [2.24, 2.45) is 5.92 Å². The molecule has 210 valence electrons. The van der Waals surface area contributed by atoms with E-state index >= 15 is 0 Å². The summed E-state index contributed by atoms with van der Waals surface area (Å²) < 4.78 is 22.1. The summed E-state index contributed by atoms with van der Waals surface area (Å²) >= 11 is 5.90. The fraction of sp³-hybridized carbons (Fsp3) is 0.303. The smallest absolute Gasteiger partial charge is 0.243 e. The summed E-state index contributed by atoms with van der Waals surface area (Å²) in [5.41, 5.74) is 2.68. The van der Waals surface area contributed by atoms with Crippen molar-refractivity contribution >= 4 is 40.0 Å². The molecule has 1 saturated carbocycles. The first-order valence-electron chi connectivity index (χ1n) is 13.9. The third-order valence-electron chi connectivity index (χ3n) is 8.22. The Balaban J connectivity index is 1.20. The molecule has 2 fully saturated rings. The Morgan fingerprint density at radius 2 is 1.83 bits per heavy atom. The number of ketones is 2. The number of benzene rings is 3. The number of aryl methyl sites for hydroxylation is 1. The zero-order valence-corrected chi connectivity index (χ0v) is 23.4. The molecule has 3 atom stereocenters. The van der Waals surface area contributed by atoms with Gasteiger partial charge in [-0.1, -0.05) is 54.1 Å². The number of fused-ring (bicyclic) bond motifs is 2. The Labute approximate surface area is 242 Å². The number of piperidine rings is 1. The van der Waals surface area contributed by atoms with E-state index in [0.717, 1.165) is 22.9 Å². The maximum Gasteiger partial charge on any atom is 0.243 e. The topological polar surface area (TPSA) is 68.6 Å². The number of halogens is 2. The van der Waals surface area contributed by atoms with Crippen molar-refractivity contribution in [1.29, 1.82) is 0 Å². The maximum atomic E-state index is 14.4. The van der Waals surface area contributed by atoms with Gasteiger partial charge < -0.3 is 14.2 Å². The van der Waals surface area contributed by atoms with E-state index in [4.69, 9.17) is 16.3 Å². The first kappa shape index (κ1) is 27.2. The normalized spacial score (nSPS) is 19.3. The number of likely N-dealkylation sites (tertiary alicyclic amines) is 1. The fourth-order valence-electron chi connectivity index (χ4n) is 6.01. The minimum absolute atomic E-state index is 0.00183. The van der Waals surface area contributed by atoms with Crippen LogP contribution in [0.15, 0.2) is 72.9 Å². The molecule has 0 N–H and O–H groups in total. The minimum Gasteiger partial charge on any atom is -0.489 e. The lowest BCUT2D eigenvalue weighted by molar-refractivity contribution is -0.139. The number of hydrogen-bond donors (Lipinski definition) is 0. The van der Waals surface area contributed by atoms with Gasteiger partial charge in [0.05, 0.1) is 16.6 Å². The van der Waals surface area contributed by atoms with E-state index in [1.54, 1.807) is 27.8 Å². The van der Waals surface area contributed by atoms with Gasteiger partial charge in [-0.25, -0.2) is 4.39 Å². The van der Waals surface area contributed by atoms with Crippen LogP contribution in [0.5, 0.6) is 5.75 Å². The van der Waals surface area contributed by atoms with Crippen LogP contribution in [0.25, 0.3) is 10.9 Å². The van der Waals surface area contributed by atoms with Crippen molar-refractivity contribution in [3.05, 3.63) is 100 Å². The van der Waals surface area contributed by atoms with Crippen molar-refractivity contribution in [2.75, 3.05) is 0 Å². The van der Waals surface area contributed by atoms with Gasteiger partial charge in [-0.3, -0.25) is 14.4 Å². The number of ether oxygens (including phenoxy) is 1. The summed E-state index contributed by atoms with van der Waals surface area (Å²) in [4.78, 5) is 41.1. The Bertz CT molecular complexity index is 1650. The van der Waals surface area contributed by atoms with Crippen molar-refractivity contribution in [2.45, 2.75) is 57.8 Å². The van der Waals surface area contributed by atoms with E-state index in [1.807, 2.05) is 48.5 Å². The van der Waals surface area contributed by atoms with E-state index in [1.165, 1.54) is 13.0 Å². The standard InChI is InChI=1S/C33H30ClFN2O4/c1-20(38)26-17-36(29-16-24(11-12-25(26)29)41-19-21-6-3-2-4-7-21)18-32(40)37-28-14-23(28)15-30(37)31(39)13-10-22-8-5-9-27(34)33(22)35/h2-9,11-12,16-17,23,28,30H,10,13-15,18-19H2,1H3/t23-,28-,30+/m1/s1. The van der Waals surface area contributed by atoms with Crippen LogP contribution < -0.4 is 4.74 Å². The van der Waals surface area contributed by atoms with Gasteiger partial charge in [-0.15, -0.1) is 0 Å². The molecule has 6 rings (SSSR count). The highest BCUT2D eigenvalue weighted by Gasteiger charge is 2.55. The summed E-state index contributed by atoms with van der Waals surface area (Å²) in [7, 11) is 0. The molecule has 0 bridgehead atoms. The molecule has 2 aliphatic rings. The van der Waals surface area contributed by atoms with Crippen LogP contribution in [0, 0.1) is 11.7 Å². The highest BCUT2D eigenvalue weighted by Crippen LogP contribution is 2.48. The number of aromatic nitrogens is 1. The van der Waals surface area contributed by atoms with Gasteiger partial charge in [-0.2, -0.15) is 0 Å². The highest BCUT2D eigenvalue weighted by molar-refractivity contribution is 6.30. The second kappa shape index (κ2) is 11.1. The van der Waals surface area contributed by atoms with Gasteiger partial charge >= 0.3 is 0 Å². The SMILES string of the molecule is CC(=O)c1cn(CC(=O)N2[C@@H]3C[C@@H]3C[C@H]2C(=O)CCc2cccc(Cl)c2F)c2cc(OCc3ccccc3)ccc12. The number of nitrogens with zero attached hydrogens (tertiary/aromatic N) is 2. The van der Waals surface area contributed by atoms with Crippen LogP contribution in [0.4, 0.5) is 4.39 Å². The first-order valence-corrected chi connectivity index (χ1v) is 14.2. The summed E-state index contributed by atoms with van der Waals surface area (Å²) in [6.45, 7) is 1.90. The van der Waals surface area contributed by atoms with Gasteiger partial charge in [0.15, 0.2) is 11.6 Å². The van der Waals surface area contributed by atoms with Crippen molar-refractivity contribution in [1.82, 2.24) is 9.47 Å². The Kier molecular flexibility index (Phi) is 7.39. The molecule has 8 heteroatoms. The van der Waals surface area contributed by atoms with Crippen LogP contribution in [-0.2, 0) is 29.2 Å². The quantitative estimate of drug-likeness (QED) is 0.206. The molecule has 2 heterocycles. The summed E-state index contributed by atoms with van der Waals surface area (Å²) in [6.07, 6.45) is 3.60. The Morgan fingerprint density at radius 3 is 2.61 bits per heavy atom. The van der Waals surface area contributed by atoms with Crippen LogP contribution in [0.2, 0.25) is 5.02 Å². The number of amides is 1. The molecule has 1 saturated heterocycles. The molecule has 0 radical (unpaired) electrons. The lowest BCUT2D eigenvalue weighted by atomic mass is 10.00.